The standard InChI is InChI=1S/C6H8N2.C5H4ClN.2O3S/c1-7-6-4-2-3-5-8-6;6-5-3-1-2-4-7-5;2*1-4(2)3/h2-5H,1H3,(H,7,8);1-4H;;. The van der Waals surface area contributed by atoms with Crippen LogP contribution in [0.25, 0.3) is 0 Å². The Morgan fingerprint density at radius 2 is 1.26 bits per heavy atom. The van der Waals surface area contributed by atoms with E-state index < -0.39 is 21.2 Å². The molecular weight excluding hydrogens is 370 g/mol. The Kier molecular flexibility index (Phi) is 15.9. The number of nitrogens with zero attached hydrogens (tertiary/aromatic N) is 2. The number of hydrogen-bond acceptors (Lipinski definition) is 9. The molecule has 0 atom stereocenters. The molecule has 0 saturated carbocycles. The van der Waals surface area contributed by atoms with Crippen molar-refractivity contribution in [2.75, 3.05) is 12.4 Å². The largest absolute Gasteiger partial charge is 0.425 e. The molecule has 9 nitrogen and oxygen atoms in total. The van der Waals surface area contributed by atoms with E-state index in [1.807, 2.05) is 37.4 Å². The molecule has 0 bridgehead atoms. The maximum atomic E-state index is 8.44. The van der Waals surface area contributed by atoms with Crippen molar-refractivity contribution in [3.8, 4) is 0 Å². The van der Waals surface area contributed by atoms with Crippen LogP contribution in [0.15, 0.2) is 48.8 Å². The summed E-state index contributed by atoms with van der Waals surface area (Å²) in [6.45, 7) is 0. The Labute approximate surface area is 140 Å². The molecule has 126 valence electrons. The highest BCUT2D eigenvalue weighted by molar-refractivity contribution is 7.59. The molecule has 2 aromatic heterocycles. The van der Waals surface area contributed by atoms with Gasteiger partial charge >= 0.3 is 21.2 Å². The average molecular weight is 382 g/mol. The van der Waals surface area contributed by atoms with Gasteiger partial charge in [-0.15, -0.1) is 25.3 Å². The zero-order valence-corrected chi connectivity index (χ0v) is 14.0. The van der Waals surface area contributed by atoms with Gasteiger partial charge in [0.15, 0.2) is 0 Å². The van der Waals surface area contributed by atoms with Crippen molar-refractivity contribution in [2.24, 2.45) is 0 Å². The lowest BCUT2D eigenvalue weighted by molar-refractivity contribution is 0.557. The third-order valence-corrected chi connectivity index (χ3v) is 1.77. The van der Waals surface area contributed by atoms with Crippen LogP contribution in [0.5, 0.6) is 0 Å². The van der Waals surface area contributed by atoms with Crippen LogP contribution in [-0.2, 0) is 21.2 Å². The van der Waals surface area contributed by atoms with Crippen molar-refractivity contribution < 1.29 is 25.3 Å². The molecule has 0 unspecified atom stereocenters. The lowest BCUT2D eigenvalue weighted by Gasteiger charge is -1.92. The van der Waals surface area contributed by atoms with E-state index in [1.54, 1.807) is 18.5 Å². The maximum absolute atomic E-state index is 8.44. The molecule has 12 heteroatoms. The predicted octanol–water partition coefficient (Wildman–Crippen LogP) is 0.850. The highest BCUT2D eigenvalue weighted by Gasteiger charge is 1.79. The van der Waals surface area contributed by atoms with Gasteiger partial charge in [-0.2, -0.15) is 0 Å². The maximum Gasteiger partial charge on any atom is 0.425 e. The van der Waals surface area contributed by atoms with Gasteiger partial charge < -0.3 is 5.32 Å². The Hall–Kier alpha value is -2.37. The monoisotopic (exact) mass is 381 g/mol. The summed E-state index contributed by atoms with van der Waals surface area (Å²) in [6, 6.07) is 11.2. The molecule has 0 aliphatic heterocycles. The van der Waals surface area contributed by atoms with E-state index in [2.05, 4.69) is 15.3 Å². The van der Waals surface area contributed by atoms with Crippen LogP contribution in [-0.4, -0.2) is 42.3 Å². The highest BCUT2D eigenvalue weighted by Crippen LogP contribution is 1.98. The van der Waals surface area contributed by atoms with Crippen LogP contribution < -0.4 is 5.32 Å². The predicted molar refractivity (Wildman–Crippen MR) is 82.4 cm³/mol. The van der Waals surface area contributed by atoms with Crippen LogP contribution >= 0.6 is 11.6 Å². The minimum absolute atomic E-state index is 0.544. The van der Waals surface area contributed by atoms with E-state index in [0.717, 1.165) is 5.82 Å². The van der Waals surface area contributed by atoms with Crippen molar-refractivity contribution in [1.29, 1.82) is 0 Å². The fourth-order valence-electron chi connectivity index (χ4n) is 0.853. The normalized spacial score (nSPS) is 7.74. The van der Waals surface area contributed by atoms with Crippen molar-refractivity contribution in [2.45, 2.75) is 0 Å². The van der Waals surface area contributed by atoms with Gasteiger partial charge in [-0.05, 0) is 24.3 Å². The Morgan fingerprint density at radius 3 is 1.43 bits per heavy atom. The molecule has 0 aliphatic rings. The van der Waals surface area contributed by atoms with Crippen LogP contribution in [0.3, 0.4) is 0 Å². The molecule has 0 amide bonds. The lowest BCUT2D eigenvalue weighted by atomic mass is 10.5. The lowest BCUT2D eigenvalue weighted by Crippen LogP contribution is -1.88. The summed E-state index contributed by atoms with van der Waals surface area (Å²) >= 11 is 5.43. The second-order valence-electron chi connectivity index (χ2n) is 3.03. The van der Waals surface area contributed by atoms with Crippen LogP contribution in [0.2, 0.25) is 5.15 Å². The second-order valence-corrected chi connectivity index (χ2v) is 4.23. The molecule has 2 heterocycles. The smallest absolute Gasteiger partial charge is 0.373 e. The Bertz CT molecular complexity index is 696. The van der Waals surface area contributed by atoms with Crippen molar-refractivity contribution in [1.82, 2.24) is 9.97 Å². The molecule has 1 N–H and O–H groups in total. The number of anilines is 1. The van der Waals surface area contributed by atoms with Crippen molar-refractivity contribution >= 4 is 38.6 Å². The zero-order chi connectivity index (χ0) is 18.1. The molecule has 0 spiro atoms. The van der Waals surface area contributed by atoms with E-state index in [-0.39, 0.29) is 0 Å². The molecular formula is C11H12ClN3O6S2. The van der Waals surface area contributed by atoms with Gasteiger partial charge in [0.2, 0.25) is 0 Å². The van der Waals surface area contributed by atoms with Gasteiger partial charge in [0.05, 0.1) is 0 Å². The van der Waals surface area contributed by atoms with E-state index in [1.165, 1.54) is 0 Å². The first-order chi connectivity index (χ1) is 10.8. The van der Waals surface area contributed by atoms with Crippen molar-refractivity contribution in [3.05, 3.63) is 53.9 Å². The third-order valence-electron chi connectivity index (χ3n) is 1.55. The first-order valence-corrected chi connectivity index (χ1v) is 7.86. The van der Waals surface area contributed by atoms with Crippen LogP contribution in [0.1, 0.15) is 0 Å². The molecule has 0 radical (unpaired) electrons. The number of halogens is 1. The van der Waals surface area contributed by atoms with E-state index in [4.69, 9.17) is 36.9 Å². The van der Waals surface area contributed by atoms with Crippen LogP contribution in [0.4, 0.5) is 5.82 Å². The number of aromatic nitrogens is 2. The van der Waals surface area contributed by atoms with E-state index in [9.17, 15) is 0 Å². The summed E-state index contributed by atoms with van der Waals surface area (Å²) in [5.74, 6) is 0.910. The minimum Gasteiger partial charge on any atom is -0.373 e. The molecule has 0 fully saturated rings. The Balaban J connectivity index is 0. The van der Waals surface area contributed by atoms with Crippen LogP contribution in [0, 0.1) is 0 Å². The summed E-state index contributed by atoms with van der Waals surface area (Å²) in [5, 5.41) is 3.46. The highest BCUT2D eigenvalue weighted by atomic mass is 35.5. The number of nitrogens with one attached hydrogen (secondary N) is 1. The van der Waals surface area contributed by atoms with Gasteiger partial charge in [-0.1, -0.05) is 23.7 Å². The minimum atomic E-state index is -3.11. The summed E-state index contributed by atoms with van der Waals surface area (Å²) in [5.41, 5.74) is 0. The first-order valence-electron chi connectivity index (χ1n) is 5.48. The molecule has 2 aromatic rings. The summed E-state index contributed by atoms with van der Waals surface area (Å²) in [6.07, 6.45) is 3.41. The van der Waals surface area contributed by atoms with E-state index >= 15 is 0 Å². The van der Waals surface area contributed by atoms with Crippen molar-refractivity contribution in [3.63, 3.8) is 0 Å². The number of pyridine rings is 2. The Morgan fingerprint density at radius 1 is 0.826 bits per heavy atom. The zero-order valence-electron chi connectivity index (χ0n) is 11.7. The van der Waals surface area contributed by atoms with Gasteiger partial charge in [-0.25, -0.2) is 9.97 Å². The molecule has 2 rings (SSSR count). The molecule has 23 heavy (non-hydrogen) atoms. The molecule has 0 aliphatic carbocycles. The second kappa shape index (κ2) is 16.0. The molecule has 0 aromatic carbocycles. The quantitative estimate of drug-likeness (QED) is 0.711. The number of hydrogen-bond donors (Lipinski definition) is 1. The molecule has 0 saturated heterocycles. The summed E-state index contributed by atoms with van der Waals surface area (Å²) in [4.78, 5) is 7.73. The van der Waals surface area contributed by atoms with E-state index in [0.29, 0.717) is 5.15 Å². The summed E-state index contributed by atoms with van der Waals surface area (Å²) < 4.78 is 50.7. The third kappa shape index (κ3) is 25.0. The van der Waals surface area contributed by atoms with Gasteiger partial charge in [-0.3, -0.25) is 0 Å². The SMILES string of the molecule is CNc1ccccn1.Clc1ccccn1.O=S(=O)=O.O=S(=O)=O. The fraction of sp³-hybridized carbons (Fsp3) is 0.0909. The van der Waals surface area contributed by atoms with Gasteiger partial charge in [0, 0.05) is 19.4 Å². The summed E-state index contributed by atoms with van der Waals surface area (Å²) in [7, 11) is -4.37. The topological polar surface area (TPSA) is 140 Å². The number of rotatable bonds is 1. The average Bonchev–Trinajstić information content (AvgIpc) is 2.48. The van der Waals surface area contributed by atoms with Gasteiger partial charge in [0.1, 0.15) is 11.0 Å². The first kappa shape index (κ1) is 22.9. The fourth-order valence-corrected chi connectivity index (χ4v) is 0.982. The van der Waals surface area contributed by atoms with Gasteiger partial charge in [0.25, 0.3) is 0 Å².